The van der Waals surface area contributed by atoms with E-state index in [2.05, 4.69) is 27.2 Å². The zero-order valence-corrected chi connectivity index (χ0v) is 21.3. The van der Waals surface area contributed by atoms with E-state index in [1.54, 1.807) is 12.1 Å². The van der Waals surface area contributed by atoms with Crippen LogP contribution < -0.4 is 14.8 Å². The number of hydrogen-bond donors (Lipinski definition) is 2. The first kappa shape index (κ1) is 25.3. The standard InChI is InChI=1S/C25H20Cl3N3O3S/c26-19-12-24(31-35(32,33)21-10-11-22(27)23(28)13-21)25(30-16-19)34-20-8-6-18(7-9-20)15-29-14-17-4-2-1-3-5-17/h1-13,16,29,31H,14-15H2. The quantitative estimate of drug-likeness (QED) is 0.237. The Morgan fingerprint density at radius 1 is 0.800 bits per heavy atom. The highest BCUT2D eigenvalue weighted by Crippen LogP contribution is 2.32. The molecule has 0 bridgehead atoms. The molecule has 0 unspecified atom stereocenters. The van der Waals surface area contributed by atoms with Gasteiger partial charge in [-0.15, -0.1) is 0 Å². The molecular formula is C25H20Cl3N3O3S. The molecule has 1 heterocycles. The van der Waals surface area contributed by atoms with Crippen molar-refractivity contribution in [2.45, 2.75) is 18.0 Å². The van der Waals surface area contributed by atoms with Crippen molar-refractivity contribution in [1.82, 2.24) is 10.3 Å². The molecule has 0 aliphatic carbocycles. The summed E-state index contributed by atoms with van der Waals surface area (Å²) in [5.74, 6) is 0.537. The molecule has 0 saturated heterocycles. The molecule has 0 amide bonds. The van der Waals surface area contributed by atoms with Crippen molar-refractivity contribution in [2.75, 3.05) is 4.72 Å². The third-order valence-electron chi connectivity index (χ3n) is 4.90. The molecule has 6 nitrogen and oxygen atoms in total. The van der Waals surface area contributed by atoms with Gasteiger partial charge in [-0.2, -0.15) is 0 Å². The zero-order valence-electron chi connectivity index (χ0n) is 18.2. The second kappa shape index (κ2) is 11.3. The summed E-state index contributed by atoms with van der Waals surface area (Å²) >= 11 is 17.9. The van der Waals surface area contributed by atoms with Gasteiger partial charge in [-0.1, -0.05) is 77.3 Å². The van der Waals surface area contributed by atoms with Crippen LogP contribution in [0.1, 0.15) is 11.1 Å². The van der Waals surface area contributed by atoms with Gasteiger partial charge < -0.3 is 10.1 Å². The largest absolute Gasteiger partial charge is 0.437 e. The Morgan fingerprint density at radius 3 is 2.17 bits per heavy atom. The summed E-state index contributed by atoms with van der Waals surface area (Å²) in [5, 5.41) is 4.00. The number of halogens is 3. The number of pyridine rings is 1. The second-order valence-corrected chi connectivity index (χ2v) is 10.5. The molecule has 1 aromatic heterocycles. The Morgan fingerprint density at radius 2 is 1.49 bits per heavy atom. The average Bonchev–Trinajstić information content (AvgIpc) is 2.84. The number of anilines is 1. The summed E-state index contributed by atoms with van der Waals surface area (Å²) in [6, 6.07) is 23.0. The lowest BCUT2D eigenvalue weighted by Gasteiger charge is -2.13. The maximum atomic E-state index is 12.9. The van der Waals surface area contributed by atoms with E-state index >= 15 is 0 Å². The number of nitrogens with one attached hydrogen (secondary N) is 2. The van der Waals surface area contributed by atoms with Crippen LogP contribution in [0.25, 0.3) is 0 Å². The normalized spacial score (nSPS) is 11.3. The first-order valence-corrected chi connectivity index (χ1v) is 13.1. The fourth-order valence-corrected chi connectivity index (χ4v) is 4.76. The van der Waals surface area contributed by atoms with Crippen LogP contribution in [0, 0.1) is 0 Å². The number of aromatic nitrogens is 1. The predicted molar refractivity (Wildman–Crippen MR) is 140 cm³/mol. The minimum atomic E-state index is -4.00. The summed E-state index contributed by atoms with van der Waals surface area (Å²) in [7, 11) is -4.00. The fraction of sp³-hybridized carbons (Fsp3) is 0.0800. The fourth-order valence-electron chi connectivity index (χ4n) is 3.16. The minimum Gasteiger partial charge on any atom is -0.437 e. The molecule has 180 valence electrons. The second-order valence-electron chi connectivity index (χ2n) is 7.52. The van der Waals surface area contributed by atoms with Crippen molar-refractivity contribution in [2.24, 2.45) is 0 Å². The van der Waals surface area contributed by atoms with Gasteiger partial charge in [-0.3, -0.25) is 4.72 Å². The number of sulfonamides is 1. The van der Waals surface area contributed by atoms with Crippen molar-refractivity contribution in [1.29, 1.82) is 0 Å². The number of nitrogens with zero attached hydrogens (tertiary/aromatic N) is 1. The SMILES string of the molecule is O=S(=O)(Nc1cc(Cl)cnc1Oc1ccc(CNCc2ccccc2)cc1)c1ccc(Cl)c(Cl)c1. The summed E-state index contributed by atoms with van der Waals surface area (Å²) in [6.07, 6.45) is 1.37. The van der Waals surface area contributed by atoms with E-state index in [4.69, 9.17) is 39.5 Å². The van der Waals surface area contributed by atoms with Gasteiger partial charge in [0.05, 0.1) is 20.0 Å². The molecular weight excluding hydrogens is 529 g/mol. The van der Waals surface area contributed by atoms with Crippen LogP contribution in [0.3, 0.4) is 0 Å². The molecule has 0 spiro atoms. The van der Waals surface area contributed by atoms with E-state index in [1.165, 1.54) is 36.0 Å². The summed E-state index contributed by atoms with van der Waals surface area (Å²) < 4.78 is 34.1. The topological polar surface area (TPSA) is 80.3 Å². The van der Waals surface area contributed by atoms with Gasteiger partial charge in [0, 0.05) is 19.3 Å². The van der Waals surface area contributed by atoms with E-state index in [0.717, 1.165) is 12.1 Å². The van der Waals surface area contributed by atoms with Crippen LogP contribution in [0.4, 0.5) is 5.69 Å². The monoisotopic (exact) mass is 547 g/mol. The van der Waals surface area contributed by atoms with Crippen molar-refractivity contribution in [3.8, 4) is 11.6 Å². The van der Waals surface area contributed by atoms with Crippen LogP contribution in [-0.4, -0.2) is 13.4 Å². The van der Waals surface area contributed by atoms with Gasteiger partial charge in [0.1, 0.15) is 11.4 Å². The maximum Gasteiger partial charge on any atom is 0.262 e. The van der Waals surface area contributed by atoms with E-state index in [0.29, 0.717) is 12.3 Å². The number of rotatable bonds is 9. The summed E-state index contributed by atoms with van der Waals surface area (Å²) in [5.41, 5.74) is 2.35. The van der Waals surface area contributed by atoms with Crippen LogP contribution >= 0.6 is 34.8 Å². The number of benzene rings is 3. The van der Waals surface area contributed by atoms with Crippen molar-refractivity contribution >= 4 is 50.5 Å². The highest BCUT2D eigenvalue weighted by atomic mass is 35.5. The van der Waals surface area contributed by atoms with E-state index in [1.807, 2.05) is 30.3 Å². The van der Waals surface area contributed by atoms with E-state index in [9.17, 15) is 8.42 Å². The number of hydrogen-bond acceptors (Lipinski definition) is 5. The molecule has 0 saturated carbocycles. The van der Waals surface area contributed by atoms with Gasteiger partial charge in [0.15, 0.2) is 0 Å². The van der Waals surface area contributed by atoms with Crippen LogP contribution in [-0.2, 0) is 23.1 Å². The lowest BCUT2D eigenvalue weighted by Crippen LogP contribution is -2.14. The molecule has 0 radical (unpaired) electrons. The van der Waals surface area contributed by atoms with Gasteiger partial charge in [-0.25, -0.2) is 13.4 Å². The Bertz CT molecular complexity index is 1420. The third-order valence-corrected chi connectivity index (χ3v) is 7.21. The molecule has 0 fully saturated rings. The van der Waals surface area contributed by atoms with Crippen molar-refractivity contribution in [3.05, 3.63) is 111 Å². The molecule has 2 N–H and O–H groups in total. The Hall–Kier alpha value is -2.81. The molecule has 0 aliphatic rings. The Kier molecular flexibility index (Phi) is 8.15. The van der Waals surface area contributed by atoms with Gasteiger partial charge in [-0.05, 0) is 47.5 Å². The lowest BCUT2D eigenvalue weighted by atomic mass is 10.2. The molecule has 35 heavy (non-hydrogen) atoms. The van der Waals surface area contributed by atoms with Crippen molar-refractivity contribution < 1.29 is 13.2 Å². The van der Waals surface area contributed by atoms with Gasteiger partial charge in [0.2, 0.25) is 5.88 Å². The van der Waals surface area contributed by atoms with Gasteiger partial charge in [0.25, 0.3) is 10.0 Å². The molecule has 4 aromatic rings. The van der Waals surface area contributed by atoms with Crippen LogP contribution in [0.5, 0.6) is 11.6 Å². The summed E-state index contributed by atoms with van der Waals surface area (Å²) in [4.78, 5) is 4.08. The van der Waals surface area contributed by atoms with E-state index < -0.39 is 10.0 Å². The zero-order chi connectivity index (χ0) is 24.8. The van der Waals surface area contributed by atoms with Gasteiger partial charge >= 0.3 is 0 Å². The minimum absolute atomic E-state index is 0.0491. The highest BCUT2D eigenvalue weighted by Gasteiger charge is 2.19. The Balaban J connectivity index is 1.45. The number of ether oxygens (including phenoxy) is 1. The smallest absolute Gasteiger partial charge is 0.262 e. The first-order valence-electron chi connectivity index (χ1n) is 10.4. The average molecular weight is 549 g/mol. The maximum absolute atomic E-state index is 12.9. The Labute approximate surface area is 218 Å². The van der Waals surface area contributed by atoms with E-state index in [-0.39, 0.29) is 31.5 Å². The summed E-state index contributed by atoms with van der Waals surface area (Å²) in [6.45, 7) is 1.44. The third kappa shape index (κ3) is 6.87. The lowest BCUT2D eigenvalue weighted by molar-refractivity contribution is 0.465. The predicted octanol–water partition coefficient (Wildman–Crippen LogP) is 6.92. The first-order chi connectivity index (χ1) is 16.8. The van der Waals surface area contributed by atoms with Crippen LogP contribution in [0.15, 0.2) is 90.0 Å². The highest BCUT2D eigenvalue weighted by molar-refractivity contribution is 7.92. The molecule has 0 atom stereocenters. The van der Waals surface area contributed by atoms with Crippen molar-refractivity contribution in [3.63, 3.8) is 0 Å². The van der Waals surface area contributed by atoms with Crippen LogP contribution in [0.2, 0.25) is 15.1 Å². The molecule has 0 aliphatic heterocycles. The molecule has 4 rings (SSSR count). The molecule has 10 heteroatoms. The molecule has 3 aromatic carbocycles.